The number of aromatic nitrogens is 2. The largest absolute Gasteiger partial charge is 0.421 e. The molecule has 3 nitrogen and oxygen atoms in total. The van der Waals surface area contributed by atoms with Crippen LogP contribution in [0.15, 0.2) is 27.1 Å². The Kier molecular flexibility index (Phi) is 3.39. The number of rotatable bonds is 3. The molecule has 1 heterocycles. The van der Waals surface area contributed by atoms with Crippen LogP contribution in [-0.2, 0) is 6.42 Å². The average molecular weight is 281 g/mol. The van der Waals surface area contributed by atoms with E-state index in [9.17, 15) is 0 Å². The maximum absolute atomic E-state index is 5.60. The summed E-state index contributed by atoms with van der Waals surface area (Å²) >= 11 is 3.49. The van der Waals surface area contributed by atoms with E-state index in [0.29, 0.717) is 11.8 Å². The lowest BCUT2D eigenvalue weighted by Crippen LogP contribution is -1.84. The molecule has 0 radical (unpaired) electrons. The van der Waals surface area contributed by atoms with E-state index < -0.39 is 0 Å². The van der Waals surface area contributed by atoms with Gasteiger partial charge in [0, 0.05) is 16.5 Å². The molecule has 0 aliphatic heterocycles. The molecule has 0 spiro atoms. The summed E-state index contributed by atoms with van der Waals surface area (Å²) in [7, 11) is 0. The van der Waals surface area contributed by atoms with Crippen molar-refractivity contribution in [2.45, 2.75) is 26.7 Å². The molecule has 4 heteroatoms. The van der Waals surface area contributed by atoms with Gasteiger partial charge in [-0.3, -0.25) is 0 Å². The van der Waals surface area contributed by atoms with Gasteiger partial charge in [-0.1, -0.05) is 28.9 Å². The molecule has 0 bridgehead atoms. The third-order valence-corrected chi connectivity index (χ3v) is 3.29. The topological polar surface area (TPSA) is 38.9 Å². The van der Waals surface area contributed by atoms with Gasteiger partial charge in [0.05, 0.1) is 0 Å². The van der Waals surface area contributed by atoms with Crippen molar-refractivity contribution in [1.82, 2.24) is 10.2 Å². The molecule has 0 N–H and O–H groups in total. The van der Waals surface area contributed by atoms with Gasteiger partial charge < -0.3 is 4.42 Å². The molecule has 1 aromatic carbocycles. The number of aryl methyl sites for hydroxylation is 1. The second-order valence-corrected chi connectivity index (χ2v) is 4.52. The van der Waals surface area contributed by atoms with Crippen LogP contribution in [0.5, 0.6) is 0 Å². The highest BCUT2D eigenvalue weighted by Gasteiger charge is 2.11. The van der Waals surface area contributed by atoms with E-state index in [4.69, 9.17) is 4.42 Å². The minimum absolute atomic E-state index is 0.599. The Balaban J connectivity index is 2.39. The molecular weight excluding hydrogens is 268 g/mol. The van der Waals surface area contributed by atoms with Crippen LogP contribution >= 0.6 is 15.9 Å². The highest BCUT2D eigenvalue weighted by atomic mass is 79.9. The predicted molar refractivity (Wildman–Crippen MR) is 66.2 cm³/mol. The van der Waals surface area contributed by atoms with E-state index in [1.54, 1.807) is 0 Å². The monoisotopic (exact) mass is 280 g/mol. The lowest BCUT2D eigenvalue weighted by Gasteiger charge is -2.02. The minimum atomic E-state index is 0.599. The summed E-state index contributed by atoms with van der Waals surface area (Å²) in [6, 6.07) is 5.96. The lowest BCUT2D eigenvalue weighted by atomic mass is 10.1. The van der Waals surface area contributed by atoms with Gasteiger partial charge in [0.1, 0.15) is 0 Å². The quantitative estimate of drug-likeness (QED) is 0.859. The van der Waals surface area contributed by atoms with Crippen LogP contribution in [0.1, 0.15) is 24.8 Å². The fourth-order valence-corrected chi connectivity index (χ4v) is 1.88. The zero-order valence-corrected chi connectivity index (χ0v) is 10.9. The average Bonchev–Trinajstić information content (AvgIpc) is 2.71. The van der Waals surface area contributed by atoms with Crippen LogP contribution in [0, 0.1) is 6.92 Å². The fourth-order valence-electron chi connectivity index (χ4n) is 1.52. The lowest BCUT2D eigenvalue weighted by molar-refractivity contribution is 0.502. The van der Waals surface area contributed by atoms with Crippen LogP contribution in [0.2, 0.25) is 0 Å². The molecule has 0 aliphatic carbocycles. The molecule has 0 amide bonds. The first-order valence-corrected chi connectivity index (χ1v) is 6.09. The maximum Gasteiger partial charge on any atom is 0.248 e. The Morgan fingerprint density at radius 2 is 2.12 bits per heavy atom. The molecule has 16 heavy (non-hydrogen) atoms. The third-order valence-electron chi connectivity index (χ3n) is 2.43. The van der Waals surface area contributed by atoms with Crippen LogP contribution < -0.4 is 0 Å². The van der Waals surface area contributed by atoms with Gasteiger partial charge in [0.2, 0.25) is 11.8 Å². The first-order valence-electron chi connectivity index (χ1n) is 5.30. The van der Waals surface area contributed by atoms with E-state index in [1.165, 1.54) is 0 Å². The molecular formula is C12H13BrN2O. The van der Waals surface area contributed by atoms with Crippen LogP contribution in [0.4, 0.5) is 0 Å². The summed E-state index contributed by atoms with van der Waals surface area (Å²) in [6.07, 6.45) is 1.85. The van der Waals surface area contributed by atoms with Gasteiger partial charge in [-0.05, 0) is 31.0 Å². The predicted octanol–water partition coefficient (Wildman–Crippen LogP) is 3.76. The molecule has 0 unspecified atom stereocenters. The summed E-state index contributed by atoms with van der Waals surface area (Å²) < 4.78 is 6.66. The number of nitrogens with zero attached hydrogens (tertiary/aromatic N) is 2. The molecule has 0 saturated heterocycles. The second-order valence-electron chi connectivity index (χ2n) is 3.66. The van der Waals surface area contributed by atoms with Gasteiger partial charge in [-0.15, -0.1) is 10.2 Å². The van der Waals surface area contributed by atoms with Gasteiger partial charge >= 0.3 is 0 Å². The molecule has 84 valence electrons. The van der Waals surface area contributed by atoms with Crippen molar-refractivity contribution in [3.8, 4) is 11.5 Å². The Morgan fingerprint density at radius 1 is 1.31 bits per heavy atom. The Bertz CT molecular complexity index is 494. The van der Waals surface area contributed by atoms with E-state index in [0.717, 1.165) is 28.4 Å². The summed E-state index contributed by atoms with van der Waals surface area (Å²) in [5.74, 6) is 1.30. The fraction of sp³-hybridized carbons (Fsp3) is 0.333. The smallest absolute Gasteiger partial charge is 0.248 e. The zero-order chi connectivity index (χ0) is 11.5. The van der Waals surface area contributed by atoms with E-state index >= 15 is 0 Å². The minimum Gasteiger partial charge on any atom is -0.421 e. The van der Waals surface area contributed by atoms with Gasteiger partial charge in [-0.2, -0.15) is 0 Å². The van der Waals surface area contributed by atoms with Crippen molar-refractivity contribution in [2.75, 3.05) is 0 Å². The molecule has 0 saturated carbocycles. The molecule has 2 aromatic rings. The summed E-state index contributed by atoms with van der Waals surface area (Å²) in [4.78, 5) is 0. The molecule has 1 aromatic heterocycles. The number of hydrogen-bond acceptors (Lipinski definition) is 3. The summed E-state index contributed by atoms with van der Waals surface area (Å²) in [5.41, 5.74) is 2.11. The van der Waals surface area contributed by atoms with E-state index in [-0.39, 0.29) is 0 Å². The standard InChI is InChI=1S/C12H13BrN2O/c1-3-5-11-14-15-12(16-11)9-6-4-7-10(13)8(9)2/h4,6-7H,3,5H2,1-2H3. The van der Waals surface area contributed by atoms with E-state index in [2.05, 4.69) is 33.1 Å². The van der Waals surface area contributed by atoms with Crippen molar-refractivity contribution >= 4 is 15.9 Å². The first kappa shape index (κ1) is 11.3. The highest BCUT2D eigenvalue weighted by Crippen LogP contribution is 2.27. The SMILES string of the molecule is CCCc1nnc(-c2cccc(Br)c2C)o1. The van der Waals surface area contributed by atoms with Crippen molar-refractivity contribution in [3.63, 3.8) is 0 Å². The van der Waals surface area contributed by atoms with Gasteiger partial charge in [0.15, 0.2) is 0 Å². The number of benzene rings is 1. The summed E-state index contributed by atoms with van der Waals surface area (Å²) in [5, 5.41) is 8.09. The van der Waals surface area contributed by atoms with Crippen molar-refractivity contribution in [1.29, 1.82) is 0 Å². The van der Waals surface area contributed by atoms with Crippen molar-refractivity contribution in [3.05, 3.63) is 34.1 Å². The third kappa shape index (κ3) is 2.16. The highest BCUT2D eigenvalue weighted by molar-refractivity contribution is 9.10. The molecule has 0 fully saturated rings. The zero-order valence-electron chi connectivity index (χ0n) is 9.33. The summed E-state index contributed by atoms with van der Waals surface area (Å²) in [6.45, 7) is 4.12. The molecule has 0 atom stereocenters. The maximum atomic E-state index is 5.60. The van der Waals surface area contributed by atoms with Gasteiger partial charge in [0.25, 0.3) is 0 Å². The second kappa shape index (κ2) is 4.78. The van der Waals surface area contributed by atoms with Crippen LogP contribution in [0.3, 0.4) is 0 Å². The Labute approximate surface area is 103 Å². The number of halogens is 1. The molecule has 2 rings (SSSR count). The first-order chi connectivity index (χ1) is 7.72. The van der Waals surface area contributed by atoms with Crippen molar-refractivity contribution in [2.24, 2.45) is 0 Å². The van der Waals surface area contributed by atoms with E-state index in [1.807, 2.05) is 25.1 Å². The Morgan fingerprint density at radius 3 is 2.88 bits per heavy atom. The number of hydrogen-bond donors (Lipinski definition) is 0. The van der Waals surface area contributed by atoms with Gasteiger partial charge in [-0.25, -0.2) is 0 Å². The normalized spacial score (nSPS) is 10.7. The van der Waals surface area contributed by atoms with Crippen molar-refractivity contribution < 1.29 is 4.42 Å². The molecule has 0 aliphatic rings. The van der Waals surface area contributed by atoms with Crippen LogP contribution in [0.25, 0.3) is 11.5 Å². The Hall–Kier alpha value is -1.16. The van der Waals surface area contributed by atoms with Crippen LogP contribution in [-0.4, -0.2) is 10.2 Å².